The van der Waals surface area contributed by atoms with E-state index in [1.807, 2.05) is 24.3 Å². The number of anilines is 1. The molecule has 1 fully saturated rings. The molecule has 2 unspecified atom stereocenters. The predicted molar refractivity (Wildman–Crippen MR) is 84.9 cm³/mol. The summed E-state index contributed by atoms with van der Waals surface area (Å²) in [4.78, 5) is 16.7. The molecule has 3 rings (SSSR count). The zero-order chi connectivity index (χ0) is 14.9. The third-order valence-corrected chi connectivity index (χ3v) is 4.41. The molecule has 2 aromatic rings. The minimum Gasteiger partial charge on any atom is -0.324 e. The molecule has 3 N–H and O–H groups in total. The molecule has 1 aromatic carbocycles. The van der Waals surface area contributed by atoms with Crippen LogP contribution in [0.4, 0.5) is 5.69 Å². The quantitative estimate of drug-likeness (QED) is 0.890. The van der Waals surface area contributed by atoms with Crippen LogP contribution in [0.3, 0.4) is 0 Å². The van der Waals surface area contributed by atoms with Gasteiger partial charge in [0.25, 0.3) is 0 Å². The molecule has 1 amide bonds. The highest BCUT2D eigenvalue weighted by Gasteiger charge is 2.38. The average molecular weight is 283 g/mol. The molecular formula is C17H21N3O. The van der Waals surface area contributed by atoms with Crippen LogP contribution in [0.5, 0.6) is 0 Å². The number of nitrogens with two attached hydrogens (primary N) is 1. The molecule has 0 bridgehead atoms. The van der Waals surface area contributed by atoms with E-state index in [0.29, 0.717) is 5.92 Å². The Balaban J connectivity index is 1.86. The second-order valence-corrected chi connectivity index (χ2v) is 6.21. The summed E-state index contributed by atoms with van der Waals surface area (Å²) in [6.45, 7) is 2.16. The van der Waals surface area contributed by atoms with Crippen molar-refractivity contribution in [2.45, 2.75) is 38.1 Å². The Hall–Kier alpha value is -1.94. The molecule has 1 saturated carbocycles. The number of hydrogen-bond acceptors (Lipinski definition) is 3. The van der Waals surface area contributed by atoms with Gasteiger partial charge in [-0.1, -0.05) is 31.9 Å². The van der Waals surface area contributed by atoms with Crippen molar-refractivity contribution in [3.05, 3.63) is 36.7 Å². The van der Waals surface area contributed by atoms with Crippen LogP contribution in [0.2, 0.25) is 0 Å². The molecule has 1 heterocycles. The van der Waals surface area contributed by atoms with Crippen LogP contribution in [0.25, 0.3) is 10.8 Å². The smallest absolute Gasteiger partial charge is 0.244 e. The van der Waals surface area contributed by atoms with E-state index in [1.165, 1.54) is 0 Å². The van der Waals surface area contributed by atoms with E-state index in [2.05, 4.69) is 17.2 Å². The van der Waals surface area contributed by atoms with Gasteiger partial charge in [0, 0.05) is 28.9 Å². The standard InChI is InChI=1S/C17H21N3O/c1-12-4-3-8-17(18,10-12)16(21)20-15-6-2-5-13-11-19-9-7-14(13)15/h2,5-7,9,11-12H,3-4,8,10,18H2,1H3,(H,20,21). The average Bonchev–Trinajstić information content (AvgIpc) is 2.47. The van der Waals surface area contributed by atoms with Gasteiger partial charge in [-0.3, -0.25) is 9.78 Å². The van der Waals surface area contributed by atoms with Crippen molar-refractivity contribution in [3.63, 3.8) is 0 Å². The Morgan fingerprint density at radius 1 is 1.43 bits per heavy atom. The van der Waals surface area contributed by atoms with Gasteiger partial charge in [-0.25, -0.2) is 0 Å². The number of rotatable bonds is 2. The van der Waals surface area contributed by atoms with Crippen LogP contribution in [0, 0.1) is 5.92 Å². The first-order valence-electron chi connectivity index (χ1n) is 7.51. The Morgan fingerprint density at radius 3 is 3.10 bits per heavy atom. The van der Waals surface area contributed by atoms with Crippen LogP contribution < -0.4 is 11.1 Å². The number of aromatic nitrogens is 1. The Bertz CT molecular complexity index is 665. The number of nitrogens with zero attached hydrogens (tertiary/aromatic N) is 1. The highest BCUT2D eigenvalue weighted by Crippen LogP contribution is 2.32. The molecule has 4 heteroatoms. The van der Waals surface area contributed by atoms with E-state index in [1.54, 1.807) is 12.4 Å². The maximum atomic E-state index is 12.6. The van der Waals surface area contributed by atoms with Crippen LogP contribution in [0.15, 0.2) is 36.7 Å². The van der Waals surface area contributed by atoms with E-state index >= 15 is 0 Å². The molecule has 0 radical (unpaired) electrons. The molecular weight excluding hydrogens is 262 g/mol. The minimum atomic E-state index is -0.743. The van der Waals surface area contributed by atoms with Gasteiger partial charge in [0.1, 0.15) is 0 Å². The summed E-state index contributed by atoms with van der Waals surface area (Å²) < 4.78 is 0. The molecule has 1 aliphatic carbocycles. The summed E-state index contributed by atoms with van der Waals surface area (Å²) in [5, 5.41) is 5.03. The second-order valence-electron chi connectivity index (χ2n) is 6.21. The van der Waals surface area contributed by atoms with E-state index in [9.17, 15) is 4.79 Å². The second kappa shape index (κ2) is 5.45. The fourth-order valence-corrected chi connectivity index (χ4v) is 3.28. The summed E-state index contributed by atoms with van der Waals surface area (Å²) in [6.07, 6.45) is 7.22. The lowest BCUT2D eigenvalue weighted by molar-refractivity contribution is -0.122. The van der Waals surface area contributed by atoms with Crippen molar-refractivity contribution in [1.29, 1.82) is 0 Å². The number of carbonyl (C=O) groups is 1. The van der Waals surface area contributed by atoms with Crippen LogP contribution in [-0.2, 0) is 4.79 Å². The van der Waals surface area contributed by atoms with Crippen LogP contribution >= 0.6 is 0 Å². The van der Waals surface area contributed by atoms with Gasteiger partial charge < -0.3 is 11.1 Å². The van der Waals surface area contributed by atoms with Crippen molar-refractivity contribution >= 4 is 22.4 Å². The van der Waals surface area contributed by atoms with Gasteiger partial charge in [0.15, 0.2) is 0 Å². The number of carbonyl (C=O) groups excluding carboxylic acids is 1. The fourth-order valence-electron chi connectivity index (χ4n) is 3.28. The van der Waals surface area contributed by atoms with Crippen LogP contribution in [-0.4, -0.2) is 16.4 Å². The van der Waals surface area contributed by atoms with E-state index in [-0.39, 0.29) is 5.91 Å². The molecule has 110 valence electrons. The number of benzene rings is 1. The summed E-state index contributed by atoms with van der Waals surface area (Å²) >= 11 is 0. The largest absolute Gasteiger partial charge is 0.324 e. The van der Waals surface area contributed by atoms with Crippen molar-refractivity contribution in [3.8, 4) is 0 Å². The number of pyridine rings is 1. The van der Waals surface area contributed by atoms with Crippen molar-refractivity contribution in [1.82, 2.24) is 4.98 Å². The number of nitrogens with one attached hydrogen (secondary N) is 1. The number of hydrogen-bond donors (Lipinski definition) is 2. The maximum Gasteiger partial charge on any atom is 0.244 e. The van der Waals surface area contributed by atoms with Crippen molar-refractivity contribution in [2.24, 2.45) is 11.7 Å². The SMILES string of the molecule is CC1CCCC(N)(C(=O)Nc2cccc3cnccc23)C1. The number of amides is 1. The van der Waals surface area contributed by atoms with Crippen LogP contribution in [0.1, 0.15) is 32.6 Å². The molecule has 0 aliphatic heterocycles. The Labute approximate surface area is 124 Å². The third-order valence-electron chi connectivity index (χ3n) is 4.41. The molecule has 0 spiro atoms. The first-order valence-corrected chi connectivity index (χ1v) is 7.51. The normalized spacial score (nSPS) is 25.7. The van der Waals surface area contributed by atoms with Gasteiger partial charge in [-0.05, 0) is 30.9 Å². The lowest BCUT2D eigenvalue weighted by Crippen LogP contribution is -2.53. The zero-order valence-corrected chi connectivity index (χ0v) is 12.3. The van der Waals surface area contributed by atoms with E-state index < -0.39 is 5.54 Å². The molecule has 4 nitrogen and oxygen atoms in total. The zero-order valence-electron chi connectivity index (χ0n) is 12.3. The topological polar surface area (TPSA) is 68.0 Å². The highest BCUT2D eigenvalue weighted by molar-refractivity contribution is 6.05. The highest BCUT2D eigenvalue weighted by atomic mass is 16.2. The predicted octanol–water partition coefficient (Wildman–Crippen LogP) is 3.08. The molecule has 1 aliphatic rings. The van der Waals surface area contributed by atoms with Gasteiger partial charge in [-0.2, -0.15) is 0 Å². The molecule has 1 aromatic heterocycles. The van der Waals surface area contributed by atoms with Gasteiger partial charge in [0.2, 0.25) is 5.91 Å². The lowest BCUT2D eigenvalue weighted by atomic mass is 9.76. The summed E-state index contributed by atoms with van der Waals surface area (Å²) in [7, 11) is 0. The van der Waals surface area contributed by atoms with Crippen molar-refractivity contribution in [2.75, 3.05) is 5.32 Å². The summed E-state index contributed by atoms with van der Waals surface area (Å²) in [6, 6.07) is 7.73. The maximum absolute atomic E-state index is 12.6. The Morgan fingerprint density at radius 2 is 2.29 bits per heavy atom. The third kappa shape index (κ3) is 2.76. The lowest BCUT2D eigenvalue weighted by Gasteiger charge is -2.35. The van der Waals surface area contributed by atoms with Gasteiger partial charge in [-0.15, -0.1) is 0 Å². The first-order chi connectivity index (χ1) is 10.1. The molecule has 21 heavy (non-hydrogen) atoms. The molecule has 0 saturated heterocycles. The number of fused-ring (bicyclic) bond motifs is 1. The minimum absolute atomic E-state index is 0.0710. The fraction of sp³-hybridized carbons (Fsp3) is 0.412. The van der Waals surface area contributed by atoms with Gasteiger partial charge >= 0.3 is 0 Å². The first kappa shape index (κ1) is 14.0. The van der Waals surface area contributed by atoms with E-state index in [4.69, 9.17) is 5.73 Å². The van der Waals surface area contributed by atoms with E-state index in [0.717, 1.165) is 42.1 Å². The van der Waals surface area contributed by atoms with Gasteiger partial charge in [0.05, 0.1) is 5.54 Å². The van der Waals surface area contributed by atoms with Crippen molar-refractivity contribution < 1.29 is 4.79 Å². The summed E-state index contributed by atoms with van der Waals surface area (Å²) in [5.74, 6) is 0.435. The summed E-state index contributed by atoms with van der Waals surface area (Å²) in [5.41, 5.74) is 6.43. The monoisotopic (exact) mass is 283 g/mol. The molecule has 2 atom stereocenters. The Kier molecular flexibility index (Phi) is 3.64.